The van der Waals surface area contributed by atoms with Crippen LogP contribution in [0, 0.1) is 19.8 Å². The predicted octanol–water partition coefficient (Wildman–Crippen LogP) is 4.58. The highest BCUT2D eigenvalue weighted by molar-refractivity contribution is 6.06. The van der Waals surface area contributed by atoms with Crippen LogP contribution in [0.15, 0.2) is 24.3 Å². The number of benzene rings is 1. The van der Waals surface area contributed by atoms with Crippen LogP contribution >= 0.6 is 0 Å². The second kappa shape index (κ2) is 8.60. The van der Waals surface area contributed by atoms with Crippen molar-refractivity contribution in [2.24, 2.45) is 5.92 Å². The fourth-order valence-corrected chi connectivity index (χ4v) is 4.91. The lowest BCUT2D eigenvalue weighted by atomic mass is 9.89. The van der Waals surface area contributed by atoms with E-state index < -0.39 is 0 Å². The standard InChI is InChI=1S/C24H33N3O/c1-18-9-10-23-21(15-18)22(16-19(2)25-23)24(28)27-12-6-11-26(13-14-27)17-20-7-4-3-5-8-20/h9-10,15-16,20H,3-8,11-14,17H2,1-2H3. The van der Waals surface area contributed by atoms with E-state index in [-0.39, 0.29) is 5.91 Å². The Bertz CT molecular complexity index is 841. The number of carbonyl (C=O) groups is 1. The molecule has 1 aromatic heterocycles. The zero-order chi connectivity index (χ0) is 19.5. The number of nitrogens with zero attached hydrogens (tertiary/aromatic N) is 3. The smallest absolute Gasteiger partial charge is 0.254 e. The topological polar surface area (TPSA) is 36.4 Å². The van der Waals surface area contributed by atoms with Gasteiger partial charge in [-0.3, -0.25) is 9.78 Å². The molecule has 0 bridgehead atoms. The summed E-state index contributed by atoms with van der Waals surface area (Å²) in [5.74, 6) is 1.03. The number of aromatic nitrogens is 1. The quantitative estimate of drug-likeness (QED) is 0.783. The van der Waals surface area contributed by atoms with Crippen molar-refractivity contribution in [3.05, 3.63) is 41.1 Å². The SMILES string of the molecule is Cc1ccc2nc(C)cc(C(=O)N3CCCN(CC4CCCCC4)CC3)c2c1. The molecule has 1 saturated heterocycles. The van der Waals surface area contributed by atoms with Gasteiger partial charge in [0.05, 0.1) is 11.1 Å². The number of aryl methyl sites for hydroxylation is 2. The van der Waals surface area contributed by atoms with E-state index in [1.165, 1.54) is 44.2 Å². The molecule has 2 aliphatic rings. The molecule has 28 heavy (non-hydrogen) atoms. The molecule has 1 amide bonds. The van der Waals surface area contributed by atoms with Crippen molar-refractivity contribution >= 4 is 16.8 Å². The minimum Gasteiger partial charge on any atom is -0.337 e. The fourth-order valence-electron chi connectivity index (χ4n) is 4.91. The summed E-state index contributed by atoms with van der Waals surface area (Å²) in [6.07, 6.45) is 8.06. The molecule has 4 rings (SSSR count). The van der Waals surface area contributed by atoms with Gasteiger partial charge in [0.15, 0.2) is 0 Å². The molecule has 1 aromatic carbocycles. The third-order valence-corrected chi connectivity index (χ3v) is 6.44. The van der Waals surface area contributed by atoms with Gasteiger partial charge in [-0.25, -0.2) is 0 Å². The van der Waals surface area contributed by atoms with Gasteiger partial charge in [-0.1, -0.05) is 30.9 Å². The fraction of sp³-hybridized carbons (Fsp3) is 0.583. The van der Waals surface area contributed by atoms with Crippen LogP contribution in [0.25, 0.3) is 10.9 Å². The number of pyridine rings is 1. The Morgan fingerprint density at radius 3 is 2.64 bits per heavy atom. The third kappa shape index (κ3) is 4.38. The van der Waals surface area contributed by atoms with E-state index in [0.29, 0.717) is 0 Å². The van der Waals surface area contributed by atoms with Crippen LogP contribution in [0.3, 0.4) is 0 Å². The number of fused-ring (bicyclic) bond motifs is 1. The molecule has 0 atom stereocenters. The Kier molecular flexibility index (Phi) is 5.96. The zero-order valence-electron chi connectivity index (χ0n) is 17.4. The number of hydrogen-bond donors (Lipinski definition) is 0. The van der Waals surface area contributed by atoms with Crippen LogP contribution in [0.5, 0.6) is 0 Å². The van der Waals surface area contributed by atoms with Crippen LogP contribution in [0.2, 0.25) is 0 Å². The lowest BCUT2D eigenvalue weighted by molar-refractivity contribution is 0.0761. The van der Waals surface area contributed by atoms with E-state index in [1.807, 2.05) is 19.1 Å². The van der Waals surface area contributed by atoms with Crippen molar-refractivity contribution in [1.82, 2.24) is 14.8 Å². The van der Waals surface area contributed by atoms with Crippen molar-refractivity contribution in [3.8, 4) is 0 Å². The molecule has 2 heterocycles. The molecule has 1 aliphatic carbocycles. The normalized spacial score (nSPS) is 19.7. The first-order valence-corrected chi connectivity index (χ1v) is 11.0. The molecule has 1 saturated carbocycles. The van der Waals surface area contributed by atoms with Gasteiger partial charge in [-0.05, 0) is 63.8 Å². The summed E-state index contributed by atoms with van der Waals surface area (Å²) in [5.41, 5.74) is 3.81. The van der Waals surface area contributed by atoms with Crippen LogP contribution in [-0.2, 0) is 0 Å². The molecule has 150 valence electrons. The molecule has 0 N–H and O–H groups in total. The number of rotatable bonds is 3. The van der Waals surface area contributed by atoms with Gasteiger partial charge in [-0.15, -0.1) is 0 Å². The van der Waals surface area contributed by atoms with E-state index in [1.54, 1.807) is 0 Å². The highest BCUT2D eigenvalue weighted by Crippen LogP contribution is 2.25. The van der Waals surface area contributed by atoms with Gasteiger partial charge in [-0.2, -0.15) is 0 Å². The highest BCUT2D eigenvalue weighted by atomic mass is 16.2. The molecule has 2 fully saturated rings. The van der Waals surface area contributed by atoms with Gasteiger partial charge in [0.2, 0.25) is 0 Å². The van der Waals surface area contributed by atoms with Crippen LogP contribution in [0.1, 0.15) is 60.1 Å². The number of hydrogen-bond acceptors (Lipinski definition) is 3. The van der Waals surface area contributed by atoms with Gasteiger partial charge < -0.3 is 9.80 Å². The van der Waals surface area contributed by atoms with Crippen molar-refractivity contribution in [3.63, 3.8) is 0 Å². The second-order valence-electron chi connectivity index (χ2n) is 8.78. The van der Waals surface area contributed by atoms with Crippen LogP contribution < -0.4 is 0 Å². The van der Waals surface area contributed by atoms with E-state index in [4.69, 9.17) is 0 Å². The molecular formula is C24H33N3O. The van der Waals surface area contributed by atoms with E-state index in [9.17, 15) is 4.79 Å². The summed E-state index contributed by atoms with van der Waals surface area (Å²) in [6.45, 7) is 9.08. The summed E-state index contributed by atoms with van der Waals surface area (Å²) in [5, 5.41) is 0.985. The maximum Gasteiger partial charge on any atom is 0.254 e. The maximum absolute atomic E-state index is 13.4. The Morgan fingerprint density at radius 2 is 1.82 bits per heavy atom. The van der Waals surface area contributed by atoms with E-state index in [0.717, 1.165) is 60.7 Å². The summed E-state index contributed by atoms with van der Waals surface area (Å²) in [7, 11) is 0. The Hall–Kier alpha value is -1.94. The summed E-state index contributed by atoms with van der Waals surface area (Å²) in [6, 6.07) is 8.16. The number of amides is 1. The van der Waals surface area contributed by atoms with E-state index in [2.05, 4.69) is 33.8 Å². The van der Waals surface area contributed by atoms with Crippen molar-refractivity contribution in [1.29, 1.82) is 0 Å². The lowest BCUT2D eigenvalue weighted by Crippen LogP contribution is -2.37. The molecule has 4 heteroatoms. The third-order valence-electron chi connectivity index (χ3n) is 6.44. The second-order valence-corrected chi connectivity index (χ2v) is 8.78. The van der Waals surface area contributed by atoms with Crippen LogP contribution in [-0.4, -0.2) is 53.4 Å². The monoisotopic (exact) mass is 379 g/mol. The molecule has 0 spiro atoms. The Labute approximate surface area is 168 Å². The van der Waals surface area contributed by atoms with Gasteiger partial charge in [0, 0.05) is 37.3 Å². The minimum atomic E-state index is 0.167. The van der Waals surface area contributed by atoms with Crippen molar-refractivity contribution < 1.29 is 4.79 Å². The van der Waals surface area contributed by atoms with Crippen molar-refractivity contribution in [2.75, 3.05) is 32.7 Å². The molecule has 0 radical (unpaired) electrons. The van der Waals surface area contributed by atoms with Gasteiger partial charge in [0.25, 0.3) is 5.91 Å². The van der Waals surface area contributed by atoms with Crippen molar-refractivity contribution in [2.45, 2.75) is 52.4 Å². The van der Waals surface area contributed by atoms with Crippen LogP contribution in [0.4, 0.5) is 0 Å². The first kappa shape index (κ1) is 19.4. The maximum atomic E-state index is 13.4. The predicted molar refractivity (Wildman–Crippen MR) is 115 cm³/mol. The first-order chi connectivity index (χ1) is 13.6. The van der Waals surface area contributed by atoms with E-state index >= 15 is 0 Å². The largest absolute Gasteiger partial charge is 0.337 e. The molecule has 0 unspecified atom stereocenters. The number of carbonyl (C=O) groups excluding carboxylic acids is 1. The highest BCUT2D eigenvalue weighted by Gasteiger charge is 2.24. The Balaban J connectivity index is 1.48. The summed E-state index contributed by atoms with van der Waals surface area (Å²) < 4.78 is 0. The average Bonchev–Trinajstić information content (AvgIpc) is 2.93. The minimum absolute atomic E-state index is 0.167. The Morgan fingerprint density at radius 1 is 1.00 bits per heavy atom. The first-order valence-electron chi connectivity index (χ1n) is 11.0. The summed E-state index contributed by atoms with van der Waals surface area (Å²) >= 11 is 0. The zero-order valence-corrected chi connectivity index (χ0v) is 17.4. The molecule has 4 nitrogen and oxygen atoms in total. The van der Waals surface area contributed by atoms with Gasteiger partial charge in [0.1, 0.15) is 0 Å². The molecule has 2 aromatic rings. The average molecular weight is 380 g/mol. The molecular weight excluding hydrogens is 346 g/mol. The van der Waals surface area contributed by atoms with Gasteiger partial charge >= 0.3 is 0 Å². The summed E-state index contributed by atoms with van der Waals surface area (Å²) in [4.78, 5) is 22.7. The lowest BCUT2D eigenvalue weighted by Gasteiger charge is -2.29. The molecule has 1 aliphatic heterocycles.